The molecule has 0 bridgehead atoms. The fourth-order valence-electron chi connectivity index (χ4n) is 2.70. The average molecular weight is 301 g/mol. The quantitative estimate of drug-likeness (QED) is 0.813. The molecule has 116 valence electrons. The molecule has 1 amide bonds. The Bertz CT molecular complexity index is 703. The molecule has 0 unspecified atom stereocenters. The third kappa shape index (κ3) is 2.52. The summed E-state index contributed by atoms with van der Waals surface area (Å²) in [4.78, 5) is 22.6. The first-order valence-electron chi connectivity index (χ1n) is 7.23. The molecular formula is C14H19N7O. The molecule has 0 atom stereocenters. The second-order valence-electron chi connectivity index (χ2n) is 5.27. The van der Waals surface area contributed by atoms with Gasteiger partial charge >= 0.3 is 0 Å². The van der Waals surface area contributed by atoms with Gasteiger partial charge in [-0.25, -0.2) is 9.67 Å². The van der Waals surface area contributed by atoms with E-state index < -0.39 is 5.91 Å². The molecule has 8 nitrogen and oxygen atoms in total. The Balaban J connectivity index is 1.99. The highest BCUT2D eigenvalue weighted by atomic mass is 16.1. The number of primary amides is 1. The topological polar surface area (TPSA) is 102 Å². The van der Waals surface area contributed by atoms with Crippen molar-refractivity contribution in [2.75, 3.05) is 31.1 Å². The van der Waals surface area contributed by atoms with Crippen molar-refractivity contribution in [1.82, 2.24) is 25.1 Å². The van der Waals surface area contributed by atoms with Crippen molar-refractivity contribution < 1.29 is 4.79 Å². The highest BCUT2D eigenvalue weighted by molar-refractivity contribution is 5.95. The van der Waals surface area contributed by atoms with Gasteiger partial charge in [-0.3, -0.25) is 4.79 Å². The summed E-state index contributed by atoms with van der Waals surface area (Å²) in [5.74, 6) is 0.835. The first kappa shape index (κ1) is 14.5. The Morgan fingerprint density at radius 2 is 2.05 bits per heavy atom. The van der Waals surface area contributed by atoms with E-state index in [-0.39, 0.29) is 0 Å². The van der Waals surface area contributed by atoms with Gasteiger partial charge in [-0.1, -0.05) is 0 Å². The first-order chi connectivity index (χ1) is 10.6. The molecule has 0 aliphatic carbocycles. The number of nitrogens with zero attached hydrogens (tertiary/aromatic N) is 5. The molecular weight excluding hydrogens is 282 g/mol. The lowest BCUT2D eigenvalue weighted by Gasteiger charge is -2.27. The number of hydrogen-bond donors (Lipinski definition) is 2. The molecule has 22 heavy (non-hydrogen) atoms. The number of aromatic nitrogens is 4. The molecule has 0 spiro atoms. The predicted octanol–water partition coefficient (Wildman–Crippen LogP) is -0.212. The van der Waals surface area contributed by atoms with Crippen LogP contribution in [0.5, 0.6) is 0 Å². The number of carbonyl (C=O) groups is 1. The predicted molar refractivity (Wildman–Crippen MR) is 82.2 cm³/mol. The highest BCUT2D eigenvalue weighted by Gasteiger charge is 2.19. The molecule has 2 aromatic rings. The van der Waals surface area contributed by atoms with Crippen molar-refractivity contribution in [3.8, 4) is 5.82 Å². The minimum Gasteiger partial charge on any atom is -0.365 e. The van der Waals surface area contributed by atoms with Gasteiger partial charge in [-0.15, -0.1) is 0 Å². The lowest BCUT2D eigenvalue weighted by atomic mass is 10.2. The van der Waals surface area contributed by atoms with Crippen molar-refractivity contribution in [2.24, 2.45) is 5.73 Å². The van der Waals surface area contributed by atoms with Crippen LogP contribution in [0.1, 0.15) is 21.7 Å². The summed E-state index contributed by atoms with van der Waals surface area (Å²) in [5, 5.41) is 7.68. The Kier molecular flexibility index (Phi) is 3.76. The summed E-state index contributed by atoms with van der Waals surface area (Å²) in [6.07, 6.45) is 1.71. The van der Waals surface area contributed by atoms with E-state index in [1.54, 1.807) is 23.9 Å². The summed E-state index contributed by atoms with van der Waals surface area (Å²) >= 11 is 0. The second kappa shape index (κ2) is 5.72. The van der Waals surface area contributed by atoms with Gasteiger partial charge in [-0.05, 0) is 13.8 Å². The summed E-state index contributed by atoms with van der Waals surface area (Å²) in [6.45, 7) is 7.15. The van der Waals surface area contributed by atoms with Crippen LogP contribution in [0.3, 0.4) is 0 Å². The largest absolute Gasteiger partial charge is 0.365 e. The van der Waals surface area contributed by atoms with E-state index in [1.165, 1.54) is 0 Å². The van der Waals surface area contributed by atoms with E-state index in [1.807, 2.05) is 6.92 Å². The normalized spacial score (nSPS) is 15.1. The summed E-state index contributed by atoms with van der Waals surface area (Å²) in [5.41, 5.74) is 7.15. The van der Waals surface area contributed by atoms with E-state index in [0.717, 1.165) is 26.2 Å². The maximum Gasteiger partial charge on any atom is 0.252 e. The van der Waals surface area contributed by atoms with Crippen molar-refractivity contribution in [1.29, 1.82) is 0 Å². The molecule has 0 radical (unpaired) electrons. The molecule has 8 heteroatoms. The Morgan fingerprint density at radius 3 is 2.68 bits per heavy atom. The lowest BCUT2D eigenvalue weighted by Crippen LogP contribution is -2.44. The van der Waals surface area contributed by atoms with Crippen molar-refractivity contribution >= 4 is 11.9 Å². The van der Waals surface area contributed by atoms with Gasteiger partial charge in [0.05, 0.1) is 17.0 Å². The third-order valence-electron chi connectivity index (χ3n) is 3.78. The fraction of sp³-hybridized carbons (Fsp3) is 0.429. The van der Waals surface area contributed by atoms with Crippen LogP contribution in [0.15, 0.2) is 12.3 Å². The number of nitrogens with one attached hydrogen (secondary N) is 1. The van der Waals surface area contributed by atoms with E-state index >= 15 is 0 Å². The molecule has 3 N–H and O–H groups in total. The van der Waals surface area contributed by atoms with Crippen LogP contribution in [0.25, 0.3) is 5.82 Å². The molecule has 1 saturated heterocycles. The van der Waals surface area contributed by atoms with Crippen molar-refractivity contribution in [3.63, 3.8) is 0 Å². The van der Waals surface area contributed by atoms with Crippen LogP contribution in [0.2, 0.25) is 0 Å². The standard InChI is InChI=1S/C14H19N7O/c1-9-12(13(15)22)10(2)21(19-9)11-3-4-17-14(18-11)20-7-5-16-6-8-20/h3-4,16H,5-8H2,1-2H3,(H2,15,22). The number of carbonyl (C=O) groups excluding carboxylic acids is 1. The number of hydrogen-bond acceptors (Lipinski definition) is 6. The van der Waals surface area contributed by atoms with Gasteiger partial charge in [0.25, 0.3) is 5.91 Å². The van der Waals surface area contributed by atoms with E-state index in [4.69, 9.17) is 5.73 Å². The van der Waals surface area contributed by atoms with Crippen LogP contribution >= 0.6 is 0 Å². The number of aryl methyl sites for hydroxylation is 1. The number of anilines is 1. The van der Waals surface area contributed by atoms with Crippen LogP contribution in [-0.2, 0) is 0 Å². The number of piperazine rings is 1. The third-order valence-corrected chi connectivity index (χ3v) is 3.78. The summed E-state index contributed by atoms with van der Waals surface area (Å²) < 4.78 is 1.64. The zero-order valence-electron chi connectivity index (χ0n) is 12.7. The van der Waals surface area contributed by atoms with Gasteiger partial charge in [0.2, 0.25) is 5.95 Å². The molecule has 0 aromatic carbocycles. The van der Waals surface area contributed by atoms with Gasteiger partial charge in [0.1, 0.15) is 0 Å². The number of nitrogens with two attached hydrogens (primary N) is 1. The van der Waals surface area contributed by atoms with Gasteiger partial charge in [0, 0.05) is 38.4 Å². The minimum absolute atomic E-state index is 0.447. The zero-order valence-corrected chi connectivity index (χ0v) is 12.7. The number of amides is 1. The van der Waals surface area contributed by atoms with Crippen molar-refractivity contribution in [3.05, 3.63) is 29.2 Å². The fourth-order valence-corrected chi connectivity index (χ4v) is 2.70. The minimum atomic E-state index is -0.474. The molecule has 0 saturated carbocycles. The zero-order chi connectivity index (χ0) is 15.7. The first-order valence-corrected chi connectivity index (χ1v) is 7.23. The molecule has 1 fully saturated rings. The van der Waals surface area contributed by atoms with Crippen molar-refractivity contribution in [2.45, 2.75) is 13.8 Å². The van der Waals surface area contributed by atoms with Crippen LogP contribution in [0, 0.1) is 13.8 Å². The van der Waals surface area contributed by atoms with Gasteiger partial charge in [-0.2, -0.15) is 10.1 Å². The maximum absolute atomic E-state index is 11.5. The van der Waals surface area contributed by atoms with Crippen LogP contribution < -0.4 is 16.0 Å². The maximum atomic E-state index is 11.5. The Hall–Kier alpha value is -2.48. The number of rotatable bonds is 3. The van der Waals surface area contributed by atoms with E-state index in [9.17, 15) is 4.79 Å². The Morgan fingerprint density at radius 1 is 1.32 bits per heavy atom. The molecule has 1 aliphatic rings. The second-order valence-corrected chi connectivity index (χ2v) is 5.27. The smallest absolute Gasteiger partial charge is 0.252 e. The van der Waals surface area contributed by atoms with Gasteiger partial charge in [0.15, 0.2) is 5.82 Å². The molecule has 3 rings (SSSR count). The highest BCUT2D eigenvalue weighted by Crippen LogP contribution is 2.17. The van der Waals surface area contributed by atoms with E-state index in [0.29, 0.717) is 28.7 Å². The summed E-state index contributed by atoms with van der Waals surface area (Å²) in [7, 11) is 0. The molecule has 3 heterocycles. The van der Waals surface area contributed by atoms with Gasteiger partial charge < -0.3 is 16.0 Å². The average Bonchev–Trinajstić information content (AvgIpc) is 2.83. The van der Waals surface area contributed by atoms with Crippen LogP contribution in [-0.4, -0.2) is 51.8 Å². The SMILES string of the molecule is Cc1nn(-c2ccnc(N3CCNCC3)n2)c(C)c1C(N)=O. The Labute approximate surface area is 128 Å². The molecule has 2 aromatic heterocycles. The summed E-state index contributed by atoms with van der Waals surface area (Å²) in [6, 6.07) is 1.77. The lowest BCUT2D eigenvalue weighted by molar-refractivity contribution is 0.0999. The molecule has 1 aliphatic heterocycles. The monoisotopic (exact) mass is 301 g/mol. The van der Waals surface area contributed by atoms with E-state index in [2.05, 4.69) is 25.3 Å². The van der Waals surface area contributed by atoms with Crippen LogP contribution in [0.4, 0.5) is 5.95 Å².